The maximum Gasteiger partial charge on any atom is 0.255 e. The number of rotatable bonds is 5. The molecule has 3 aromatic rings. The molecule has 26 heavy (non-hydrogen) atoms. The van der Waals surface area contributed by atoms with Crippen molar-refractivity contribution in [2.45, 2.75) is 13.3 Å². The Bertz CT molecular complexity index is 920. The lowest BCUT2D eigenvalue weighted by Crippen LogP contribution is -2.14. The Morgan fingerprint density at radius 1 is 0.808 bits per heavy atom. The molecule has 2 N–H and O–H groups in total. The van der Waals surface area contributed by atoms with Crippen LogP contribution < -0.4 is 10.6 Å². The first-order chi connectivity index (χ1) is 12.6. The molecule has 3 aromatic carbocycles. The van der Waals surface area contributed by atoms with Gasteiger partial charge in [-0.25, -0.2) is 0 Å². The average Bonchev–Trinajstić information content (AvgIpc) is 2.64. The van der Waals surface area contributed by atoms with Gasteiger partial charge in [-0.3, -0.25) is 9.59 Å². The number of hydrogen-bond acceptors (Lipinski definition) is 2. The monoisotopic (exact) mass is 344 g/mol. The van der Waals surface area contributed by atoms with Crippen molar-refractivity contribution in [2.24, 2.45) is 0 Å². The van der Waals surface area contributed by atoms with Crippen LogP contribution in [0.1, 0.15) is 28.4 Å². The summed E-state index contributed by atoms with van der Waals surface area (Å²) in [5.41, 5.74) is 4.10. The SMILES string of the molecule is CC(=O)Nc1cccc(C(=O)Nc2ccccc2Cc2ccccc2)c1. The Morgan fingerprint density at radius 2 is 1.54 bits per heavy atom. The van der Waals surface area contributed by atoms with Gasteiger partial charge in [-0.05, 0) is 41.8 Å². The van der Waals surface area contributed by atoms with Crippen LogP contribution >= 0.6 is 0 Å². The lowest BCUT2D eigenvalue weighted by molar-refractivity contribution is -0.114. The minimum absolute atomic E-state index is 0.171. The second-order valence-corrected chi connectivity index (χ2v) is 6.04. The molecule has 0 spiro atoms. The molecule has 3 rings (SSSR count). The average molecular weight is 344 g/mol. The lowest BCUT2D eigenvalue weighted by Gasteiger charge is -2.12. The van der Waals surface area contributed by atoms with E-state index in [-0.39, 0.29) is 11.8 Å². The Kier molecular flexibility index (Phi) is 5.44. The van der Waals surface area contributed by atoms with Crippen LogP contribution in [-0.4, -0.2) is 11.8 Å². The molecule has 0 radical (unpaired) electrons. The van der Waals surface area contributed by atoms with E-state index < -0.39 is 0 Å². The largest absolute Gasteiger partial charge is 0.326 e. The number of para-hydroxylation sites is 1. The van der Waals surface area contributed by atoms with E-state index in [1.165, 1.54) is 12.5 Å². The summed E-state index contributed by atoms with van der Waals surface area (Å²) >= 11 is 0. The smallest absolute Gasteiger partial charge is 0.255 e. The van der Waals surface area contributed by atoms with E-state index in [4.69, 9.17) is 0 Å². The van der Waals surface area contributed by atoms with E-state index in [2.05, 4.69) is 22.8 Å². The molecule has 0 fully saturated rings. The Balaban J connectivity index is 1.79. The first-order valence-electron chi connectivity index (χ1n) is 8.42. The molecule has 4 heteroatoms. The van der Waals surface area contributed by atoms with Crippen molar-refractivity contribution in [1.29, 1.82) is 0 Å². The molecular weight excluding hydrogens is 324 g/mol. The van der Waals surface area contributed by atoms with Crippen molar-refractivity contribution in [1.82, 2.24) is 0 Å². The fourth-order valence-corrected chi connectivity index (χ4v) is 2.75. The molecule has 0 bridgehead atoms. The molecule has 130 valence electrons. The molecule has 2 amide bonds. The number of carbonyl (C=O) groups is 2. The highest BCUT2D eigenvalue weighted by atomic mass is 16.2. The first kappa shape index (κ1) is 17.4. The number of carbonyl (C=O) groups excluding carboxylic acids is 2. The van der Waals surface area contributed by atoms with Crippen LogP contribution in [0.4, 0.5) is 11.4 Å². The predicted molar refractivity (Wildman–Crippen MR) is 104 cm³/mol. The van der Waals surface area contributed by atoms with E-state index >= 15 is 0 Å². The van der Waals surface area contributed by atoms with Crippen LogP contribution in [0.25, 0.3) is 0 Å². The third kappa shape index (κ3) is 4.57. The van der Waals surface area contributed by atoms with Gasteiger partial charge in [0.2, 0.25) is 5.91 Å². The summed E-state index contributed by atoms with van der Waals surface area (Å²) in [6.45, 7) is 1.44. The van der Waals surface area contributed by atoms with Gasteiger partial charge in [-0.1, -0.05) is 54.6 Å². The van der Waals surface area contributed by atoms with E-state index in [0.717, 1.165) is 17.7 Å². The first-order valence-corrected chi connectivity index (χ1v) is 8.42. The maximum atomic E-state index is 12.6. The Labute approximate surface area is 152 Å². The summed E-state index contributed by atoms with van der Waals surface area (Å²) < 4.78 is 0. The molecule has 0 aliphatic rings. The molecule has 0 unspecified atom stereocenters. The number of hydrogen-bond donors (Lipinski definition) is 2. The summed E-state index contributed by atoms with van der Waals surface area (Å²) in [5, 5.41) is 5.67. The van der Waals surface area contributed by atoms with E-state index in [1.807, 2.05) is 42.5 Å². The van der Waals surface area contributed by atoms with Gasteiger partial charge in [0.1, 0.15) is 0 Å². The third-order valence-electron chi connectivity index (χ3n) is 3.95. The number of amides is 2. The number of nitrogens with one attached hydrogen (secondary N) is 2. The minimum Gasteiger partial charge on any atom is -0.326 e. The van der Waals surface area contributed by atoms with Gasteiger partial charge >= 0.3 is 0 Å². The maximum absolute atomic E-state index is 12.6. The van der Waals surface area contributed by atoms with Gasteiger partial charge in [0, 0.05) is 23.9 Å². The van der Waals surface area contributed by atoms with Crippen molar-refractivity contribution in [3.63, 3.8) is 0 Å². The molecule has 4 nitrogen and oxygen atoms in total. The second kappa shape index (κ2) is 8.12. The molecule has 0 saturated carbocycles. The van der Waals surface area contributed by atoms with E-state index in [0.29, 0.717) is 11.3 Å². The van der Waals surface area contributed by atoms with Crippen molar-refractivity contribution in [3.05, 3.63) is 95.6 Å². The standard InChI is InChI=1S/C22H20N2O2/c1-16(25)23-20-12-7-11-19(15-20)22(26)24-21-13-6-5-10-18(21)14-17-8-3-2-4-9-17/h2-13,15H,14H2,1H3,(H,23,25)(H,24,26). The zero-order valence-corrected chi connectivity index (χ0v) is 14.5. The van der Waals surface area contributed by atoms with Crippen molar-refractivity contribution >= 4 is 23.2 Å². The Morgan fingerprint density at radius 3 is 2.31 bits per heavy atom. The highest BCUT2D eigenvalue weighted by Gasteiger charge is 2.10. The normalized spacial score (nSPS) is 10.2. The topological polar surface area (TPSA) is 58.2 Å². The van der Waals surface area contributed by atoms with Gasteiger partial charge in [0.15, 0.2) is 0 Å². The highest BCUT2D eigenvalue weighted by Crippen LogP contribution is 2.20. The molecule has 0 saturated heterocycles. The fourth-order valence-electron chi connectivity index (χ4n) is 2.75. The fraction of sp³-hybridized carbons (Fsp3) is 0.0909. The zero-order chi connectivity index (χ0) is 18.4. The van der Waals surface area contributed by atoms with Gasteiger partial charge in [0.25, 0.3) is 5.91 Å². The molecule has 0 aromatic heterocycles. The van der Waals surface area contributed by atoms with Crippen LogP contribution in [0.2, 0.25) is 0 Å². The van der Waals surface area contributed by atoms with Crippen LogP contribution in [0, 0.1) is 0 Å². The highest BCUT2D eigenvalue weighted by molar-refractivity contribution is 6.05. The number of anilines is 2. The molecule has 0 aliphatic carbocycles. The van der Waals surface area contributed by atoms with Gasteiger partial charge in [0.05, 0.1) is 0 Å². The van der Waals surface area contributed by atoms with Crippen LogP contribution in [0.15, 0.2) is 78.9 Å². The zero-order valence-electron chi connectivity index (χ0n) is 14.5. The molecular formula is C22H20N2O2. The van der Waals surface area contributed by atoms with Crippen LogP contribution in [0.5, 0.6) is 0 Å². The summed E-state index contributed by atoms with van der Waals surface area (Å²) in [5.74, 6) is -0.381. The summed E-state index contributed by atoms with van der Waals surface area (Å²) in [6, 6.07) is 24.8. The van der Waals surface area contributed by atoms with Gasteiger partial charge in [-0.15, -0.1) is 0 Å². The van der Waals surface area contributed by atoms with Gasteiger partial charge < -0.3 is 10.6 Å². The quantitative estimate of drug-likeness (QED) is 0.716. The molecule has 0 aliphatic heterocycles. The Hall–Kier alpha value is -3.40. The van der Waals surface area contributed by atoms with Gasteiger partial charge in [-0.2, -0.15) is 0 Å². The van der Waals surface area contributed by atoms with Crippen molar-refractivity contribution in [3.8, 4) is 0 Å². The lowest BCUT2D eigenvalue weighted by atomic mass is 10.0. The predicted octanol–water partition coefficient (Wildman–Crippen LogP) is 4.49. The summed E-state index contributed by atoms with van der Waals surface area (Å²) in [6.07, 6.45) is 0.739. The summed E-state index contributed by atoms with van der Waals surface area (Å²) in [4.78, 5) is 23.8. The van der Waals surface area contributed by atoms with Crippen LogP contribution in [-0.2, 0) is 11.2 Å². The summed E-state index contributed by atoms with van der Waals surface area (Å²) in [7, 11) is 0. The molecule has 0 heterocycles. The van der Waals surface area contributed by atoms with Crippen molar-refractivity contribution in [2.75, 3.05) is 10.6 Å². The minimum atomic E-state index is -0.210. The number of benzene rings is 3. The van der Waals surface area contributed by atoms with Crippen molar-refractivity contribution < 1.29 is 9.59 Å². The van der Waals surface area contributed by atoms with E-state index in [9.17, 15) is 9.59 Å². The molecule has 0 atom stereocenters. The van der Waals surface area contributed by atoms with Crippen LogP contribution in [0.3, 0.4) is 0 Å². The second-order valence-electron chi connectivity index (χ2n) is 6.04. The third-order valence-corrected chi connectivity index (χ3v) is 3.95. The van der Waals surface area contributed by atoms with E-state index in [1.54, 1.807) is 24.3 Å².